The molecule has 6 heteroatoms. The van der Waals surface area contributed by atoms with Crippen LogP contribution in [0.1, 0.15) is 5.82 Å². The van der Waals surface area contributed by atoms with Gasteiger partial charge in [-0.15, -0.1) is 6.42 Å². The van der Waals surface area contributed by atoms with Crippen molar-refractivity contribution < 1.29 is 0 Å². The predicted octanol–water partition coefficient (Wildman–Crippen LogP) is -0.864. The van der Waals surface area contributed by atoms with E-state index in [0.29, 0.717) is 23.4 Å². The number of imidazole rings is 1. The SMILES string of the molecule is C#CCc1nc2c(c(=O)[nH]c(=O)n2C)n1C. The highest BCUT2D eigenvalue weighted by Gasteiger charge is 2.13. The summed E-state index contributed by atoms with van der Waals surface area (Å²) in [6.45, 7) is 0. The van der Waals surface area contributed by atoms with Crippen molar-refractivity contribution in [2.75, 3.05) is 0 Å². The van der Waals surface area contributed by atoms with Gasteiger partial charge in [0.15, 0.2) is 11.2 Å². The molecule has 0 fully saturated rings. The summed E-state index contributed by atoms with van der Waals surface area (Å²) in [5, 5.41) is 0. The number of aromatic amines is 1. The summed E-state index contributed by atoms with van der Waals surface area (Å²) >= 11 is 0. The molecule has 2 heterocycles. The van der Waals surface area contributed by atoms with Crippen LogP contribution in [-0.4, -0.2) is 19.1 Å². The maximum atomic E-state index is 11.6. The molecule has 0 aliphatic carbocycles. The van der Waals surface area contributed by atoms with Gasteiger partial charge >= 0.3 is 5.69 Å². The summed E-state index contributed by atoms with van der Waals surface area (Å²) < 4.78 is 2.89. The standard InChI is InChI=1S/C10H10N4O2/c1-4-5-6-11-8-7(13(6)2)9(15)12-10(16)14(8)3/h1H,5H2,2-3H3,(H,12,15,16). The molecule has 2 aromatic heterocycles. The van der Waals surface area contributed by atoms with E-state index in [2.05, 4.69) is 15.9 Å². The first-order chi connectivity index (χ1) is 7.56. The second kappa shape index (κ2) is 3.38. The van der Waals surface area contributed by atoms with Crippen LogP contribution in [0.25, 0.3) is 11.2 Å². The molecule has 0 saturated carbocycles. The zero-order valence-electron chi connectivity index (χ0n) is 8.94. The number of nitrogens with zero attached hydrogens (tertiary/aromatic N) is 3. The third-order valence-corrected chi connectivity index (χ3v) is 2.49. The zero-order valence-corrected chi connectivity index (χ0v) is 8.94. The fourth-order valence-electron chi connectivity index (χ4n) is 1.60. The van der Waals surface area contributed by atoms with Gasteiger partial charge in [0, 0.05) is 14.1 Å². The minimum absolute atomic E-state index is 0.318. The first kappa shape index (κ1) is 10.2. The minimum Gasteiger partial charge on any atom is -0.324 e. The lowest BCUT2D eigenvalue weighted by atomic mass is 10.4. The van der Waals surface area contributed by atoms with E-state index in [1.54, 1.807) is 18.7 Å². The molecule has 0 aliphatic rings. The van der Waals surface area contributed by atoms with Crippen LogP contribution in [0, 0.1) is 12.3 Å². The van der Waals surface area contributed by atoms with Crippen molar-refractivity contribution in [3.8, 4) is 12.3 Å². The van der Waals surface area contributed by atoms with Gasteiger partial charge in [0.1, 0.15) is 5.82 Å². The summed E-state index contributed by atoms with van der Waals surface area (Å²) in [6.07, 6.45) is 5.52. The zero-order chi connectivity index (χ0) is 11.9. The van der Waals surface area contributed by atoms with Gasteiger partial charge in [-0.25, -0.2) is 9.78 Å². The van der Waals surface area contributed by atoms with Gasteiger partial charge in [-0.05, 0) is 0 Å². The molecule has 0 radical (unpaired) electrons. The monoisotopic (exact) mass is 218 g/mol. The van der Waals surface area contributed by atoms with E-state index in [4.69, 9.17) is 6.42 Å². The third-order valence-electron chi connectivity index (χ3n) is 2.49. The number of hydrogen-bond donors (Lipinski definition) is 1. The van der Waals surface area contributed by atoms with Crippen molar-refractivity contribution in [3.05, 3.63) is 26.7 Å². The van der Waals surface area contributed by atoms with E-state index >= 15 is 0 Å². The summed E-state index contributed by atoms with van der Waals surface area (Å²) in [4.78, 5) is 29.4. The van der Waals surface area contributed by atoms with Crippen LogP contribution in [-0.2, 0) is 20.5 Å². The Labute approximate surface area is 90.5 Å². The Morgan fingerprint density at radius 1 is 1.38 bits per heavy atom. The van der Waals surface area contributed by atoms with Crippen molar-refractivity contribution in [2.45, 2.75) is 6.42 Å². The Balaban J connectivity index is 2.98. The van der Waals surface area contributed by atoms with E-state index in [1.165, 1.54) is 4.57 Å². The average molecular weight is 218 g/mol. The number of terminal acetylenes is 1. The number of aromatic nitrogens is 4. The Kier molecular flexibility index (Phi) is 2.16. The smallest absolute Gasteiger partial charge is 0.324 e. The van der Waals surface area contributed by atoms with Gasteiger partial charge in [0.25, 0.3) is 5.56 Å². The molecule has 2 rings (SSSR count). The Hall–Kier alpha value is -2.29. The number of hydrogen-bond acceptors (Lipinski definition) is 3. The second-order valence-corrected chi connectivity index (χ2v) is 3.46. The lowest BCUT2D eigenvalue weighted by Crippen LogP contribution is -2.29. The van der Waals surface area contributed by atoms with Crippen molar-refractivity contribution in [3.63, 3.8) is 0 Å². The summed E-state index contributed by atoms with van der Waals surface area (Å²) in [5.41, 5.74) is -0.229. The van der Waals surface area contributed by atoms with Crippen molar-refractivity contribution in [1.29, 1.82) is 0 Å². The number of fused-ring (bicyclic) bond motifs is 1. The molecular formula is C10H10N4O2. The molecule has 0 spiro atoms. The average Bonchev–Trinajstić information content (AvgIpc) is 2.55. The second-order valence-electron chi connectivity index (χ2n) is 3.46. The summed E-state index contributed by atoms with van der Waals surface area (Å²) in [6, 6.07) is 0. The highest BCUT2D eigenvalue weighted by Crippen LogP contribution is 2.08. The molecule has 0 amide bonds. The molecule has 16 heavy (non-hydrogen) atoms. The third kappa shape index (κ3) is 1.26. The minimum atomic E-state index is -0.483. The molecule has 0 bridgehead atoms. The Bertz CT molecular complexity index is 711. The highest BCUT2D eigenvalue weighted by atomic mass is 16.2. The Morgan fingerprint density at radius 3 is 2.69 bits per heavy atom. The molecular weight excluding hydrogens is 208 g/mol. The van der Waals surface area contributed by atoms with Crippen LogP contribution in [0.2, 0.25) is 0 Å². The number of nitrogens with one attached hydrogen (secondary N) is 1. The van der Waals surface area contributed by atoms with Gasteiger partial charge < -0.3 is 4.57 Å². The van der Waals surface area contributed by atoms with Gasteiger partial charge in [-0.3, -0.25) is 14.3 Å². The molecule has 0 saturated heterocycles. The molecule has 82 valence electrons. The van der Waals surface area contributed by atoms with E-state index in [-0.39, 0.29) is 0 Å². The topological polar surface area (TPSA) is 72.7 Å². The normalized spacial score (nSPS) is 10.6. The van der Waals surface area contributed by atoms with E-state index < -0.39 is 11.2 Å². The number of aryl methyl sites for hydroxylation is 2. The van der Waals surface area contributed by atoms with Crippen LogP contribution in [0.3, 0.4) is 0 Å². The Morgan fingerprint density at radius 2 is 2.06 bits per heavy atom. The lowest BCUT2D eigenvalue weighted by Gasteiger charge is -1.98. The maximum absolute atomic E-state index is 11.6. The fourth-order valence-corrected chi connectivity index (χ4v) is 1.60. The van der Waals surface area contributed by atoms with Crippen LogP contribution >= 0.6 is 0 Å². The molecule has 0 aromatic carbocycles. The van der Waals surface area contributed by atoms with Crippen LogP contribution in [0.15, 0.2) is 9.59 Å². The molecule has 1 N–H and O–H groups in total. The maximum Gasteiger partial charge on any atom is 0.329 e. The van der Waals surface area contributed by atoms with E-state index in [1.807, 2.05) is 0 Å². The van der Waals surface area contributed by atoms with Gasteiger partial charge in [0.05, 0.1) is 6.42 Å². The fraction of sp³-hybridized carbons (Fsp3) is 0.300. The molecule has 2 aromatic rings. The quantitative estimate of drug-likeness (QED) is 0.633. The van der Waals surface area contributed by atoms with Gasteiger partial charge in [-0.1, -0.05) is 5.92 Å². The molecule has 6 nitrogen and oxygen atoms in total. The number of H-pyrrole nitrogens is 1. The first-order valence-electron chi connectivity index (χ1n) is 4.64. The predicted molar refractivity (Wildman–Crippen MR) is 59.1 cm³/mol. The van der Waals surface area contributed by atoms with Crippen molar-refractivity contribution >= 4 is 11.2 Å². The summed E-state index contributed by atoms with van der Waals surface area (Å²) in [5.74, 6) is 3.04. The van der Waals surface area contributed by atoms with Crippen LogP contribution < -0.4 is 11.2 Å². The largest absolute Gasteiger partial charge is 0.329 e. The van der Waals surface area contributed by atoms with Crippen LogP contribution in [0.4, 0.5) is 0 Å². The van der Waals surface area contributed by atoms with Crippen LogP contribution in [0.5, 0.6) is 0 Å². The molecule has 0 aliphatic heterocycles. The highest BCUT2D eigenvalue weighted by molar-refractivity contribution is 5.70. The van der Waals surface area contributed by atoms with E-state index in [0.717, 1.165) is 0 Å². The summed E-state index contributed by atoms with van der Waals surface area (Å²) in [7, 11) is 3.25. The molecule has 0 atom stereocenters. The number of rotatable bonds is 1. The lowest BCUT2D eigenvalue weighted by molar-refractivity contribution is 0.829. The molecule has 0 unspecified atom stereocenters. The first-order valence-corrected chi connectivity index (χ1v) is 4.64. The van der Waals surface area contributed by atoms with E-state index in [9.17, 15) is 9.59 Å². The van der Waals surface area contributed by atoms with Gasteiger partial charge in [0.2, 0.25) is 0 Å². The van der Waals surface area contributed by atoms with Crippen molar-refractivity contribution in [2.24, 2.45) is 14.1 Å². The van der Waals surface area contributed by atoms with Gasteiger partial charge in [-0.2, -0.15) is 0 Å². The van der Waals surface area contributed by atoms with Crippen molar-refractivity contribution in [1.82, 2.24) is 19.1 Å².